The lowest BCUT2D eigenvalue weighted by atomic mass is 9.97. The number of aliphatic hydroxyl groups excluding tert-OH is 1. The summed E-state index contributed by atoms with van der Waals surface area (Å²) < 4.78 is 0. The maximum absolute atomic E-state index is 10.1. The molecule has 1 heterocycles. The second kappa shape index (κ2) is 6.17. The molecule has 0 bridgehead atoms. The van der Waals surface area contributed by atoms with Crippen LogP contribution in [0.15, 0.2) is 0 Å². The van der Waals surface area contributed by atoms with E-state index >= 15 is 0 Å². The predicted octanol–water partition coefficient (Wildman–Crippen LogP) is 2.00. The van der Waals surface area contributed by atoms with Gasteiger partial charge in [0.05, 0.1) is 6.10 Å². The Morgan fingerprint density at radius 2 is 1.76 bits per heavy atom. The Hall–Kier alpha value is -0.120. The highest BCUT2D eigenvalue weighted by Gasteiger charge is 2.26. The number of hydrogen-bond donors (Lipinski definition) is 2. The highest BCUT2D eigenvalue weighted by atomic mass is 16.3. The number of nitrogens with zero attached hydrogens (tertiary/aromatic N) is 1. The third kappa shape index (κ3) is 5.36. The van der Waals surface area contributed by atoms with Gasteiger partial charge >= 0.3 is 0 Å². The molecule has 3 atom stereocenters. The molecule has 0 amide bonds. The van der Waals surface area contributed by atoms with Crippen molar-refractivity contribution >= 4 is 0 Å². The molecule has 0 saturated carbocycles. The van der Waals surface area contributed by atoms with Gasteiger partial charge in [-0.1, -0.05) is 6.42 Å². The molecule has 1 saturated heterocycles. The third-order valence-electron chi connectivity index (χ3n) is 3.67. The molecule has 0 spiro atoms. The van der Waals surface area contributed by atoms with E-state index in [1.54, 1.807) is 0 Å². The van der Waals surface area contributed by atoms with Gasteiger partial charge < -0.3 is 10.4 Å². The Kier molecular flexibility index (Phi) is 5.42. The molecule has 0 radical (unpaired) electrons. The maximum atomic E-state index is 10.1. The molecule has 102 valence electrons. The lowest BCUT2D eigenvalue weighted by Gasteiger charge is -2.40. The number of rotatable bonds is 4. The Bertz CT molecular complexity index is 215. The van der Waals surface area contributed by atoms with E-state index in [9.17, 15) is 5.11 Å². The van der Waals surface area contributed by atoms with Crippen LogP contribution in [0.2, 0.25) is 0 Å². The van der Waals surface area contributed by atoms with Gasteiger partial charge in [0.1, 0.15) is 0 Å². The van der Waals surface area contributed by atoms with Gasteiger partial charge in [0.2, 0.25) is 0 Å². The molecule has 0 aromatic rings. The van der Waals surface area contributed by atoms with E-state index in [4.69, 9.17) is 0 Å². The first-order valence-corrected chi connectivity index (χ1v) is 6.98. The van der Waals surface area contributed by atoms with Crippen LogP contribution in [0.3, 0.4) is 0 Å². The van der Waals surface area contributed by atoms with Gasteiger partial charge in [-0.15, -0.1) is 0 Å². The van der Waals surface area contributed by atoms with Crippen molar-refractivity contribution in [2.45, 2.75) is 77.6 Å². The summed E-state index contributed by atoms with van der Waals surface area (Å²) in [6.45, 7) is 12.4. The van der Waals surface area contributed by atoms with E-state index in [0.717, 1.165) is 6.54 Å². The molecule has 2 N–H and O–H groups in total. The molecule has 1 rings (SSSR count). The van der Waals surface area contributed by atoms with Crippen LogP contribution >= 0.6 is 0 Å². The number of hydrogen-bond acceptors (Lipinski definition) is 3. The van der Waals surface area contributed by atoms with Gasteiger partial charge in [-0.05, 0) is 47.5 Å². The lowest BCUT2D eigenvalue weighted by molar-refractivity contribution is 0.0395. The average molecular weight is 242 g/mol. The molecule has 1 aliphatic rings. The molecular formula is C14H30N2O. The van der Waals surface area contributed by atoms with Crippen LogP contribution in [0.5, 0.6) is 0 Å². The topological polar surface area (TPSA) is 35.5 Å². The molecule has 3 nitrogen and oxygen atoms in total. The molecule has 1 aliphatic heterocycles. The highest BCUT2D eigenvalue weighted by Crippen LogP contribution is 2.22. The zero-order valence-corrected chi connectivity index (χ0v) is 12.2. The van der Waals surface area contributed by atoms with E-state index in [1.165, 1.54) is 19.3 Å². The molecule has 1 fully saturated rings. The lowest BCUT2D eigenvalue weighted by Crippen LogP contribution is -2.50. The summed E-state index contributed by atoms with van der Waals surface area (Å²) in [7, 11) is 0. The smallest absolute Gasteiger partial charge is 0.0791 e. The minimum atomic E-state index is -0.266. The van der Waals surface area contributed by atoms with E-state index < -0.39 is 0 Å². The maximum Gasteiger partial charge on any atom is 0.0791 e. The van der Waals surface area contributed by atoms with Crippen LogP contribution in [0.1, 0.15) is 53.9 Å². The van der Waals surface area contributed by atoms with Crippen LogP contribution < -0.4 is 5.32 Å². The summed E-state index contributed by atoms with van der Waals surface area (Å²) in [5.41, 5.74) is 0.0834. The summed E-state index contributed by atoms with van der Waals surface area (Å²) in [4.78, 5) is 2.46. The SMILES string of the molecule is C[C@@H]1CCC[C@H](C)N1CC(O)CNC(C)(C)C. The molecule has 1 unspecified atom stereocenters. The average Bonchev–Trinajstić information content (AvgIpc) is 2.20. The van der Waals surface area contributed by atoms with Crippen molar-refractivity contribution in [3.05, 3.63) is 0 Å². The first kappa shape index (κ1) is 14.9. The normalized spacial score (nSPS) is 29.3. The minimum absolute atomic E-state index is 0.0834. The first-order chi connectivity index (χ1) is 7.79. The number of β-amino-alcohol motifs (C(OH)–C–C–N with tert-alkyl or cyclic N) is 1. The monoisotopic (exact) mass is 242 g/mol. The second-order valence-electron chi connectivity index (χ2n) is 6.61. The Balaban J connectivity index is 2.36. The third-order valence-corrected chi connectivity index (χ3v) is 3.67. The van der Waals surface area contributed by atoms with E-state index in [0.29, 0.717) is 18.6 Å². The van der Waals surface area contributed by atoms with E-state index in [-0.39, 0.29) is 11.6 Å². The number of nitrogens with one attached hydrogen (secondary N) is 1. The molecule has 0 aromatic heterocycles. The van der Waals surface area contributed by atoms with Gasteiger partial charge in [0.25, 0.3) is 0 Å². The highest BCUT2D eigenvalue weighted by molar-refractivity contribution is 4.82. The largest absolute Gasteiger partial charge is 0.390 e. The number of piperidine rings is 1. The van der Waals surface area contributed by atoms with Crippen LogP contribution in [-0.4, -0.2) is 46.8 Å². The van der Waals surface area contributed by atoms with Gasteiger partial charge in [-0.25, -0.2) is 0 Å². The van der Waals surface area contributed by atoms with Crippen molar-refractivity contribution in [2.24, 2.45) is 0 Å². The van der Waals surface area contributed by atoms with Crippen LogP contribution in [0, 0.1) is 0 Å². The van der Waals surface area contributed by atoms with Crippen LogP contribution in [0.25, 0.3) is 0 Å². The first-order valence-electron chi connectivity index (χ1n) is 6.98. The molecule has 0 aromatic carbocycles. The molecule has 0 aliphatic carbocycles. The van der Waals surface area contributed by atoms with Crippen molar-refractivity contribution in [3.63, 3.8) is 0 Å². The standard InChI is InChI=1S/C14H30N2O/c1-11-7-6-8-12(2)16(11)10-13(17)9-15-14(3,4)5/h11-13,15,17H,6-10H2,1-5H3/t11-,12+,13?. The van der Waals surface area contributed by atoms with Gasteiger partial charge in [-0.3, -0.25) is 4.90 Å². The summed E-state index contributed by atoms with van der Waals surface area (Å²) >= 11 is 0. The van der Waals surface area contributed by atoms with Crippen LogP contribution in [-0.2, 0) is 0 Å². The zero-order valence-electron chi connectivity index (χ0n) is 12.2. The van der Waals surface area contributed by atoms with Gasteiger partial charge in [0, 0.05) is 30.7 Å². The van der Waals surface area contributed by atoms with Crippen molar-refractivity contribution in [2.75, 3.05) is 13.1 Å². The molecule has 17 heavy (non-hydrogen) atoms. The Labute approximate surface area is 107 Å². The zero-order chi connectivity index (χ0) is 13.1. The fourth-order valence-electron chi connectivity index (χ4n) is 2.57. The summed E-state index contributed by atoms with van der Waals surface area (Å²) in [5, 5.41) is 13.5. The second-order valence-corrected chi connectivity index (χ2v) is 6.61. The Morgan fingerprint density at radius 3 is 2.24 bits per heavy atom. The Morgan fingerprint density at radius 1 is 1.24 bits per heavy atom. The van der Waals surface area contributed by atoms with Crippen molar-refractivity contribution in [1.29, 1.82) is 0 Å². The van der Waals surface area contributed by atoms with E-state index in [2.05, 4.69) is 44.8 Å². The quantitative estimate of drug-likeness (QED) is 0.791. The van der Waals surface area contributed by atoms with Gasteiger partial charge in [0.15, 0.2) is 0 Å². The van der Waals surface area contributed by atoms with Crippen LogP contribution in [0.4, 0.5) is 0 Å². The predicted molar refractivity (Wildman–Crippen MR) is 73.2 cm³/mol. The number of likely N-dealkylation sites (tertiary alicyclic amines) is 1. The summed E-state index contributed by atoms with van der Waals surface area (Å²) in [6, 6.07) is 1.23. The fraction of sp³-hybridized carbons (Fsp3) is 1.00. The van der Waals surface area contributed by atoms with E-state index in [1.807, 2.05) is 0 Å². The van der Waals surface area contributed by atoms with Gasteiger partial charge in [-0.2, -0.15) is 0 Å². The van der Waals surface area contributed by atoms with Crippen molar-refractivity contribution < 1.29 is 5.11 Å². The summed E-state index contributed by atoms with van der Waals surface area (Å²) in [5.74, 6) is 0. The van der Waals surface area contributed by atoms with Crippen molar-refractivity contribution in [1.82, 2.24) is 10.2 Å². The minimum Gasteiger partial charge on any atom is -0.390 e. The van der Waals surface area contributed by atoms with Crippen molar-refractivity contribution in [3.8, 4) is 0 Å². The fourth-order valence-corrected chi connectivity index (χ4v) is 2.57. The summed E-state index contributed by atoms with van der Waals surface area (Å²) in [6.07, 6.45) is 3.60. The molecular weight excluding hydrogens is 212 g/mol. The number of aliphatic hydroxyl groups is 1. The molecule has 3 heteroatoms.